The van der Waals surface area contributed by atoms with Crippen LogP contribution in [0, 0.1) is 0 Å². The Morgan fingerprint density at radius 3 is 2.60 bits per heavy atom. The molecule has 1 heterocycles. The van der Waals surface area contributed by atoms with Gasteiger partial charge in [0.1, 0.15) is 11.4 Å². The summed E-state index contributed by atoms with van der Waals surface area (Å²) in [5.74, 6) is -0.103. The van der Waals surface area contributed by atoms with Crippen LogP contribution in [-0.4, -0.2) is 30.0 Å². The number of hydrogen-bond donors (Lipinski definition) is 1. The van der Waals surface area contributed by atoms with Crippen LogP contribution in [0.3, 0.4) is 0 Å². The Hall–Kier alpha value is -2.30. The number of hydrogen-bond acceptors (Lipinski definition) is 4. The molecule has 106 valence electrons. The SMILES string of the molecule is COc1cc(C(=O)OC(C)(C)C)c2[nH]ccc2c1C=O. The third-order valence-corrected chi connectivity index (χ3v) is 2.80. The van der Waals surface area contributed by atoms with Crippen molar-refractivity contribution in [3.63, 3.8) is 0 Å². The van der Waals surface area contributed by atoms with Gasteiger partial charge in [-0.1, -0.05) is 0 Å². The summed E-state index contributed by atoms with van der Waals surface area (Å²) in [6.45, 7) is 5.40. The molecule has 0 unspecified atom stereocenters. The molecule has 0 spiro atoms. The molecule has 0 saturated heterocycles. The van der Waals surface area contributed by atoms with Crippen molar-refractivity contribution in [1.82, 2.24) is 4.98 Å². The Morgan fingerprint density at radius 2 is 2.05 bits per heavy atom. The van der Waals surface area contributed by atoms with Gasteiger partial charge in [-0.2, -0.15) is 0 Å². The number of rotatable bonds is 3. The number of aromatic nitrogens is 1. The summed E-state index contributed by atoms with van der Waals surface area (Å²) >= 11 is 0. The van der Waals surface area contributed by atoms with Gasteiger partial charge in [0, 0.05) is 11.6 Å². The Bertz CT molecular complexity index is 664. The smallest absolute Gasteiger partial charge is 0.340 e. The maximum absolute atomic E-state index is 12.3. The van der Waals surface area contributed by atoms with E-state index in [4.69, 9.17) is 9.47 Å². The lowest BCUT2D eigenvalue weighted by Gasteiger charge is -2.20. The van der Waals surface area contributed by atoms with Crippen LogP contribution in [0.25, 0.3) is 10.9 Å². The molecule has 20 heavy (non-hydrogen) atoms. The summed E-state index contributed by atoms with van der Waals surface area (Å²) in [7, 11) is 1.46. The minimum atomic E-state index is -0.591. The van der Waals surface area contributed by atoms with E-state index in [2.05, 4.69) is 4.98 Å². The highest BCUT2D eigenvalue weighted by atomic mass is 16.6. The van der Waals surface area contributed by atoms with Crippen molar-refractivity contribution in [2.24, 2.45) is 0 Å². The van der Waals surface area contributed by atoms with Crippen molar-refractivity contribution in [3.05, 3.63) is 29.5 Å². The number of esters is 1. The number of nitrogens with one attached hydrogen (secondary N) is 1. The zero-order chi connectivity index (χ0) is 14.9. The molecule has 2 aromatic rings. The van der Waals surface area contributed by atoms with Gasteiger partial charge < -0.3 is 14.5 Å². The molecule has 1 N–H and O–H groups in total. The van der Waals surface area contributed by atoms with Crippen molar-refractivity contribution >= 4 is 23.2 Å². The quantitative estimate of drug-likeness (QED) is 0.690. The normalized spacial score (nSPS) is 11.4. The maximum Gasteiger partial charge on any atom is 0.340 e. The summed E-state index contributed by atoms with van der Waals surface area (Å²) < 4.78 is 10.6. The maximum atomic E-state index is 12.3. The van der Waals surface area contributed by atoms with Crippen LogP contribution in [0.4, 0.5) is 0 Å². The first-order chi connectivity index (χ1) is 9.37. The number of aromatic amines is 1. The first kappa shape index (κ1) is 14.1. The average Bonchev–Trinajstić information content (AvgIpc) is 2.83. The van der Waals surface area contributed by atoms with Gasteiger partial charge in [0.25, 0.3) is 0 Å². The van der Waals surface area contributed by atoms with Gasteiger partial charge in [0.15, 0.2) is 6.29 Å². The predicted octanol–water partition coefficient (Wildman–Crippen LogP) is 2.94. The molecular weight excluding hydrogens is 258 g/mol. The van der Waals surface area contributed by atoms with E-state index in [1.165, 1.54) is 13.2 Å². The zero-order valence-electron chi connectivity index (χ0n) is 11.9. The number of fused-ring (bicyclic) bond motifs is 1. The predicted molar refractivity (Wildman–Crippen MR) is 75.4 cm³/mol. The van der Waals surface area contributed by atoms with Gasteiger partial charge in [0.05, 0.1) is 23.8 Å². The van der Waals surface area contributed by atoms with E-state index in [-0.39, 0.29) is 0 Å². The van der Waals surface area contributed by atoms with Crippen molar-refractivity contribution in [2.45, 2.75) is 26.4 Å². The second-order valence-electron chi connectivity index (χ2n) is 5.43. The summed E-state index contributed by atoms with van der Waals surface area (Å²) in [4.78, 5) is 26.4. The largest absolute Gasteiger partial charge is 0.496 e. The van der Waals surface area contributed by atoms with Gasteiger partial charge in [-0.15, -0.1) is 0 Å². The monoisotopic (exact) mass is 275 g/mol. The lowest BCUT2D eigenvalue weighted by atomic mass is 10.0. The van der Waals surface area contributed by atoms with Gasteiger partial charge in [-0.05, 0) is 32.9 Å². The second-order valence-corrected chi connectivity index (χ2v) is 5.43. The Morgan fingerprint density at radius 1 is 1.35 bits per heavy atom. The van der Waals surface area contributed by atoms with Gasteiger partial charge in [0.2, 0.25) is 0 Å². The Labute approximate surface area is 116 Å². The van der Waals surface area contributed by atoms with Crippen LogP contribution in [0.1, 0.15) is 41.5 Å². The molecule has 5 heteroatoms. The molecule has 0 radical (unpaired) electrons. The molecule has 0 saturated carbocycles. The summed E-state index contributed by atoms with van der Waals surface area (Å²) in [5, 5.41) is 0.639. The number of H-pyrrole nitrogens is 1. The third kappa shape index (κ3) is 2.52. The summed E-state index contributed by atoms with van der Waals surface area (Å²) in [5.41, 5.74) is 0.743. The summed E-state index contributed by atoms with van der Waals surface area (Å²) in [6, 6.07) is 3.26. The van der Waals surface area contributed by atoms with E-state index in [0.717, 1.165) is 0 Å². The molecular formula is C15H17NO4. The zero-order valence-corrected chi connectivity index (χ0v) is 11.9. The molecule has 0 fully saturated rings. The second kappa shape index (κ2) is 5.00. The van der Waals surface area contributed by atoms with Crippen LogP contribution in [0.15, 0.2) is 18.3 Å². The first-order valence-corrected chi connectivity index (χ1v) is 6.24. The average molecular weight is 275 g/mol. The highest BCUT2D eigenvalue weighted by Gasteiger charge is 2.23. The van der Waals surface area contributed by atoms with Crippen LogP contribution >= 0.6 is 0 Å². The van der Waals surface area contributed by atoms with E-state index in [1.54, 1.807) is 33.0 Å². The molecule has 0 amide bonds. The van der Waals surface area contributed by atoms with Crippen LogP contribution < -0.4 is 4.74 Å². The molecule has 0 aliphatic carbocycles. The molecule has 5 nitrogen and oxygen atoms in total. The van der Waals surface area contributed by atoms with Gasteiger partial charge in [-0.3, -0.25) is 4.79 Å². The third-order valence-electron chi connectivity index (χ3n) is 2.80. The number of ether oxygens (including phenoxy) is 2. The topological polar surface area (TPSA) is 68.4 Å². The standard InChI is InChI=1S/C15H17NO4/c1-15(2,3)20-14(18)10-7-12(19-4)11(8-17)9-5-6-16-13(9)10/h5-8,16H,1-4H3. The van der Waals surface area contributed by atoms with Crippen molar-refractivity contribution in [2.75, 3.05) is 7.11 Å². The molecule has 0 aliphatic rings. The van der Waals surface area contributed by atoms with Crippen LogP contribution in [-0.2, 0) is 4.74 Å². The number of benzene rings is 1. The van der Waals surface area contributed by atoms with Gasteiger partial charge in [-0.25, -0.2) is 4.79 Å². The van der Waals surface area contributed by atoms with Crippen molar-refractivity contribution in [1.29, 1.82) is 0 Å². The molecule has 0 aliphatic heterocycles. The Balaban J connectivity index is 2.62. The molecule has 0 atom stereocenters. The fourth-order valence-corrected chi connectivity index (χ4v) is 2.01. The van der Waals surface area contributed by atoms with Crippen LogP contribution in [0.2, 0.25) is 0 Å². The fourth-order valence-electron chi connectivity index (χ4n) is 2.01. The number of aldehydes is 1. The Kier molecular flexibility index (Phi) is 3.53. The molecule has 1 aromatic heterocycles. The van der Waals surface area contributed by atoms with Crippen molar-refractivity contribution in [3.8, 4) is 5.75 Å². The van der Waals surface area contributed by atoms with Gasteiger partial charge >= 0.3 is 5.97 Å². The van der Waals surface area contributed by atoms with E-state index in [9.17, 15) is 9.59 Å². The van der Waals surface area contributed by atoms with E-state index in [0.29, 0.717) is 34.1 Å². The summed E-state index contributed by atoms with van der Waals surface area (Å²) in [6.07, 6.45) is 2.39. The lowest BCUT2D eigenvalue weighted by Crippen LogP contribution is -2.24. The number of carbonyl (C=O) groups is 2. The minimum absolute atomic E-state index is 0.349. The molecule has 1 aromatic carbocycles. The molecule has 2 rings (SSSR count). The highest BCUT2D eigenvalue weighted by Crippen LogP contribution is 2.30. The number of carbonyl (C=O) groups excluding carboxylic acids is 2. The van der Waals surface area contributed by atoms with E-state index in [1.807, 2.05) is 0 Å². The molecule has 0 bridgehead atoms. The highest BCUT2D eigenvalue weighted by molar-refractivity contribution is 6.09. The van der Waals surface area contributed by atoms with Crippen LogP contribution in [0.5, 0.6) is 5.75 Å². The lowest BCUT2D eigenvalue weighted by molar-refractivity contribution is 0.00712. The van der Waals surface area contributed by atoms with Crippen molar-refractivity contribution < 1.29 is 19.1 Å². The minimum Gasteiger partial charge on any atom is -0.496 e. The van der Waals surface area contributed by atoms with E-state index >= 15 is 0 Å². The first-order valence-electron chi connectivity index (χ1n) is 6.24. The number of methoxy groups -OCH3 is 1. The fraction of sp³-hybridized carbons (Fsp3) is 0.333. The van der Waals surface area contributed by atoms with E-state index < -0.39 is 11.6 Å².